The van der Waals surface area contributed by atoms with Gasteiger partial charge < -0.3 is 14.6 Å². The molecule has 3 aromatic rings. The van der Waals surface area contributed by atoms with Crippen LogP contribution >= 0.6 is 0 Å². The number of aromatic amines is 1. The molecule has 0 bridgehead atoms. The first kappa shape index (κ1) is 20.1. The van der Waals surface area contributed by atoms with E-state index in [1.807, 2.05) is 19.1 Å². The van der Waals surface area contributed by atoms with E-state index in [0.717, 1.165) is 36.2 Å². The number of anilines is 1. The molecule has 0 aromatic carbocycles. The lowest BCUT2D eigenvalue weighted by Gasteiger charge is -2.16. The van der Waals surface area contributed by atoms with Gasteiger partial charge in [0.15, 0.2) is 5.82 Å². The zero-order valence-electron chi connectivity index (χ0n) is 17.4. The number of ether oxygens (including phenoxy) is 1. The summed E-state index contributed by atoms with van der Waals surface area (Å²) in [6.07, 6.45) is 4.68. The molecule has 1 amide bonds. The van der Waals surface area contributed by atoms with Crippen LogP contribution < -0.4 is 10.1 Å². The van der Waals surface area contributed by atoms with Gasteiger partial charge in [0.25, 0.3) is 0 Å². The summed E-state index contributed by atoms with van der Waals surface area (Å²) in [5, 5.41) is 22.0. The highest BCUT2D eigenvalue weighted by Gasteiger charge is 2.30. The number of rotatable bonds is 7. The van der Waals surface area contributed by atoms with E-state index in [0.29, 0.717) is 29.3 Å². The SMILES string of the molecule is Cc1cc(CC(=O)Nc2cc([C@@H]3CC[C@H](Oc4nnccc4C(C)C)C3)[nH]n2)on1. The Morgan fingerprint density at radius 3 is 3.00 bits per heavy atom. The molecule has 0 radical (unpaired) electrons. The van der Waals surface area contributed by atoms with Crippen LogP contribution in [0.3, 0.4) is 0 Å². The van der Waals surface area contributed by atoms with Crippen LogP contribution in [0, 0.1) is 6.92 Å². The Hall–Kier alpha value is -3.23. The molecule has 4 rings (SSSR count). The molecule has 9 heteroatoms. The van der Waals surface area contributed by atoms with E-state index in [9.17, 15) is 4.79 Å². The number of nitrogens with one attached hydrogen (secondary N) is 2. The predicted molar refractivity (Wildman–Crippen MR) is 109 cm³/mol. The molecule has 1 aliphatic rings. The van der Waals surface area contributed by atoms with Crippen molar-refractivity contribution in [3.8, 4) is 5.88 Å². The molecule has 0 spiro atoms. The Morgan fingerprint density at radius 2 is 2.23 bits per heavy atom. The third kappa shape index (κ3) is 4.67. The average molecular weight is 410 g/mol. The van der Waals surface area contributed by atoms with Gasteiger partial charge in [0, 0.05) is 29.3 Å². The van der Waals surface area contributed by atoms with Crippen molar-refractivity contribution in [3.63, 3.8) is 0 Å². The van der Waals surface area contributed by atoms with E-state index in [1.54, 1.807) is 12.3 Å². The molecule has 3 heterocycles. The van der Waals surface area contributed by atoms with Crippen LogP contribution in [0.25, 0.3) is 0 Å². The van der Waals surface area contributed by atoms with Gasteiger partial charge in [0.05, 0.1) is 18.3 Å². The van der Waals surface area contributed by atoms with E-state index in [2.05, 4.69) is 44.7 Å². The van der Waals surface area contributed by atoms with Gasteiger partial charge in [0.2, 0.25) is 11.8 Å². The summed E-state index contributed by atoms with van der Waals surface area (Å²) in [5.74, 6) is 2.09. The second-order valence-corrected chi connectivity index (χ2v) is 8.06. The van der Waals surface area contributed by atoms with Crippen LogP contribution in [0.2, 0.25) is 0 Å². The van der Waals surface area contributed by atoms with Crippen LogP contribution in [-0.4, -0.2) is 37.6 Å². The molecular formula is C21H26N6O3. The standard InChI is InChI=1S/C21H26N6O3/c1-12(2)17-6-7-22-26-21(17)29-15-5-4-14(9-15)18-11-19(25-24-18)23-20(28)10-16-8-13(3)27-30-16/h6-8,11-12,14-15H,4-5,9-10H2,1-3H3,(H2,23,24,25,28)/t14-,15+/m1/s1. The van der Waals surface area contributed by atoms with Crippen LogP contribution in [0.1, 0.15) is 67.7 Å². The third-order valence-electron chi connectivity index (χ3n) is 5.32. The quantitative estimate of drug-likeness (QED) is 0.612. The predicted octanol–water partition coefficient (Wildman–Crippen LogP) is 3.52. The highest BCUT2D eigenvalue weighted by molar-refractivity contribution is 5.91. The molecule has 2 N–H and O–H groups in total. The third-order valence-corrected chi connectivity index (χ3v) is 5.32. The van der Waals surface area contributed by atoms with Crippen molar-refractivity contribution in [2.75, 3.05) is 5.32 Å². The fourth-order valence-electron chi connectivity index (χ4n) is 3.80. The topological polar surface area (TPSA) is 119 Å². The smallest absolute Gasteiger partial charge is 0.237 e. The normalized spacial score (nSPS) is 18.7. The summed E-state index contributed by atoms with van der Waals surface area (Å²) in [4.78, 5) is 12.2. The first-order valence-electron chi connectivity index (χ1n) is 10.2. The van der Waals surface area contributed by atoms with Crippen LogP contribution in [0.15, 0.2) is 28.9 Å². The summed E-state index contributed by atoms with van der Waals surface area (Å²) in [5.41, 5.74) is 2.82. The second-order valence-electron chi connectivity index (χ2n) is 8.06. The van der Waals surface area contributed by atoms with Gasteiger partial charge >= 0.3 is 0 Å². The largest absolute Gasteiger partial charge is 0.473 e. The van der Waals surface area contributed by atoms with Crippen molar-refractivity contribution < 1.29 is 14.1 Å². The van der Waals surface area contributed by atoms with E-state index in [-0.39, 0.29) is 18.4 Å². The first-order chi connectivity index (χ1) is 14.5. The Kier molecular flexibility index (Phi) is 5.78. The van der Waals surface area contributed by atoms with Crippen LogP contribution in [0.4, 0.5) is 5.82 Å². The number of nitrogens with zero attached hydrogens (tertiary/aromatic N) is 4. The Bertz CT molecular complexity index is 1010. The molecule has 0 unspecified atom stereocenters. The monoisotopic (exact) mass is 410 g/mol. The minimum atomic E-state index is -0.194. The number of aromatic nitrogens is 5. The number of hydrogen-bond donors (Lipinski definition) is 2. The summed E-state index contributed by atoms with van der Waals surface area (Å²) >= 11 is 0. The van der Waals surface area contributed by atoms with Crippen LogP contribution in [0.5, 0.6) is 5.88 Å². The number of carbonyl (C=O) groups is 1. The van der Waals surface area contributed by atoms with Gasteiger partial charge in [-0.3, -0.25) is 9.89 Å². The summed E-state index contributed by atoms with van der Waals surface area (Å²) in [6, 6.07) is 5.60. The zero-order valence-corrected chi connectivity index (χ0v) is 17.4. The Labute approximate surface area is 174 Å². The van der Waals surface area contributed by atoms with Crippen molar-refractivity contribution in [1.82, 2.24) is 25.6 Å². The van der Waals surface area contributed by atoms with Crippen molar-refractivity contribution in [3.05, 3.63) is 47.1 Å². The highest BCUT2D eigenvalue weighted by atomic mass is 16.5. The van der Waals surface area contributed by atoms with Crippen molar-refractivity contribution in [2.24, 2.45) is 0 Å². The second kappa shape index (κ2) is 8.64. The number of hydrogen-bond acceptors (Lipinski definition) is 7. The Balaban J connectivity index is 1.33. The summed E-state index contributed by atoms with van der Waals surface area (Å²) in [6.45, 7) is 6.05. The lowest BCUT2D eigenvalue weighted by atomic mass is 10.0. The maximum absolute atomic E-state index is 12.2. The number of aryl methyl sites for hydroxylation is 1. The highest BCUT2D eigenvalue weighted by Crippen LogP contribution is 2.37. The van der Waals surface area contributed by atoms with Crippen molar-refractivity contribution >= 4 is 11.7 Å². The molecule has 0 saturated heterocycles. The fourth-order valence-corrected chi connectivity index (χ4v) is 3.80. The molecular weight excluding hydrogens is 384 g/mol. The molecule has 2 atom stereocenters. The van der Waals surface area contributed by atoms with Gasteiger partial charge in [-0.05, 0) is 38.2 Å². The number of H-pyrrole nitrogens is 1. The first-order valence-corrected chi connectivity index (χ1v) is 10.2. The molecule has 158 valence electrons. The number of carbonyl (C=O) groups excluding carboxylic acids is 1. The average Bonchev–Trinajstić information content (AvgIpc) is 3.44. The van der Waals surface area contributed by atoms with E-state index >= 15 is 0 Å². The van der Waals surface area contributed by atoms with E-state index in [4.69, 9.17) is 9.26 Å². The molecule has 1 saturated carbocycles. The van der Waals surface area contributed by atoms with Crippen molar-refractivity contribution in [1.29, 1.82) is 0 Å². The number of amides is 1. The lowest BCUT2D eigenvalue weighted by Crippen LogP contribution is -2.15. The van der Waals surface area contributed by atoms with Gasteiger partial charge in [-0.2, -0.15) is 10.2 Å². The van der Waals surface area contributed by atoms with Gasteiger partial charge in [-0.25, -0.2) is 0 Å². The molecule has 3 aromatic heterocycles. The van der Waals surface area contributed by atoms with Gasteiger partial charge in [0.1, 0.15) is 11.9 Å². The zero-order chi connectivity index (χ0) is 21.1. The Morgan fingerprint density at radius 1 is 1.37 bits per heavy atom. The lowest BCUT2D eigenvalue weighted by molar-refractivity contribution is -0.115. The molecule has 1 aliphatic carbocycles. The van der Waals surface area contributed by atoms with Crippen molar-refractivity contribution in [2.45, 2.75) is 64.4 Å². The van der Waals surface area contributed by atoms with E-state index in [1.165, 1.54) is 0 Å². The fraction of sp³-hybridized carbons (Fsp3) is 0.476. The molecule has 9 nitrogen and oxygen atoms in total. The minimum Gasteiger partial charge on any atom is -0.473 e. The summed E-state index contributed by atoms with van der Waals surface area (Å²) in [7, 11) is 0. The minimum absolute atomic E-state index is 0.0835. The van der Waals surface area contributed by atoms with Crippen LogP contribution in [-0.2, 0) is 11.2 Å². The van der Waals surface area contributed by atoms with Gasteiger partial charge in [-0.1, -0.05) is 19.0 Å². The van der Waals surface area contributed by atoms with Gasteiger partial charge in [-0.15, -0.1) is 5.10 Å². The molecule has 0 aliphatic heterocycles. The maximum Gasteiger partial charge on any atom is 0.237 e. The maximum atomic E-state index is 12.2. The molecule has 30 heavy (non-hydrogen) atoms. The van der Waals surface area contributed by atoms with E-state index < -0.39 is 0 Å². The summed E-state index contributed by atoms with van der Waals surface area (Å²) < 4.78 is 11.2. The molecule has 1 fully saturated rings.